The van der Waals surface area contributed by atoms with Crippen molar-refractivity contribution in [3.8, 4) is 0 Å². The van der Waals surface area contributed by atoms with Crippen molar-refractivity contribution in [2.75, 3.05) is 5.32 Å². The van der Waals surface area contributed by atoms with Crippen LogP contribution >= 0.6 is 11.6 Å². The molecule has 0 radical (unpaired) electrons. The van der Waals surface area contributed by atoms with Gasteiger partial charge in [0.25, 0.3) is 5.56 Å². The first-order chi connectivity index (χ1) is 11.9. The number of benzene rings is 1. The van der Waals surface area contributed by atoms with Gasteiger partial charge in [-0.3, -0.25) is 13.9 Å². The normalized spacial score (nSPS) is 11.1. The number of anilines is 2. The van der Waals surface area contributed by atoms with Crippen LogP contribution in [-0.2, 0) is 20.5 Å². The molecule has 2 heterocycles. The van der Waals surface area contributed by atoms with Crippen molar-refractivity contribution in [1.29, 1.82) is 0 Å². The minimum Gasteiger partial charge on any atom is -0.354 e. The van der Waals surface area contributed by atoms with E-state index in [9.17, 15) is 9.59 Å². The van der Waals surface area contributed by atoms with Gasteiger partial charge in [0, 0.05) is 31.0 Å². The Morgan fingerprint density at radius 2 is 1.92 bits per heavy atom. The average Bonchev–Trinajstić information content (AvgIpc) is 2.61. The highest BCUT2D eigenvalue weighted by atomic mass is 35.5. The van der Waals surface area contributed by atoms with Gasteiger partial charge in [-0.1, -0.05) is 24.6 Å². The van der Waals surface area contributed by atoms with Crippen molar-refractivity contribution in [3.63, 3.8) is 0 Å². The number of rotatable bonds is 3. The Morgan fingerprint density at radius 1 is 1.20 bits per heavy atom. The maximum Gasteiger partial charge on any atom is 0.332 e. The molecule has 0 amide bonds. The van der Waals surface area contributed by atoms with Crippen LogP contribution in [0.3, 0.4) is 0 Å². The summed E-state index contributed by atoms with van der Waals surface area (Å²) in [5.41, 5.74) is 2.83. The third-order valence-corrected chi connectivity index (χ3v) is 4.87. The van der Waals surface area contributed by atoms with Crippen molar-refractivity contribution in [1.82, 2.24) is 14.1 Å². The number of nitrogens with zero attached hydrogens (tertiary/aromatic N) is 3. The molecule has 0 atom stereocenters. The zero-order valence-corrected chi connectivity index (χ0v) is 15.3. The molecule has 0 aliphatic rings. The number of aryl methyl sites for hydroxylation is 2. The van der Waals surface area contributed by atoms with Gasteiger partial charge in [0.15, 0.2) is 5.65 Å². The first-order valence-electron chi connectivity index (χ1n) is 7.96. The zero-order chi connectivity index (χ0) is 18.3. The number of halogens is 1. The van der Waals surface area contributed by atoms with Gasteiger partial charge in [0.2, 0.25) is 0 Å². The fourth-order valence-corrected chi connectivity index (χ4v) is 3.03. The molecule has 25 heavy (non-hydrogen) atoms. The smallest absolute Gasteiger partial charge is 0.332 e. The fraction of sp³-hybridized carbons (Fsp3) is 0.278. The second-order valence-corrected chi connectivity index (χ2v) is 6.36. The second-order valence-electron chi connectivity index (χ2n) is 5.95. The largest absolute Gasteiger partial charge is 0.354 e. The standard InChI is InChI=1S/C18H19ClN4O2/c1-5-11-9-20-16-14(17(24)23(4)18(25)22(16)3)15(11)21-13-8-6-7-12(19)10(13)2/h6-9H,5H2,1-4H3,(H,20,21). The number of aromatic nitrogens is 3. The average molecular weight is 359 g/mol. The van der Waals surface area contributed by atoms with E-state index >= 15 is 0 Å². The lowest BCUT2D eigenvalue weighted by Crippen LogP contribution is -2.37. The molecule has 0 saturated heterocycles. The van der Waals surface area contributed by atoms with Crippen molar-refractivity contribution in [3.05, 3.63) is 61.4 Å². The van der Waals surface area contributed by atoms with Crippen molar-refractivity contribution < 1.29 is 0 Å². The van der Waals surface area contributed by atoms with Crippen LogP contribution in [0.4, 0.5) is 11.4 Å². The van der Waals surface area contributed by atoms with Gasteiger partial charge < -0.3 is 5.32 Å². The summed E-state index contributed by atoms with van der Waals surface area (Å²) >= 11 is 6.21. The lowest BCUT2D eigenvalue weighted by atomic mass is 10.1. The van der Waals surface area contributed by atoms with E-state index in [1.807, 2.05) is 32.0 Å². The molecular formula is C18H19ClN4O2. The molecule has 0 unspecified atom stereocenters. The Labute approximate surface area is 149 Å². The monoisotopic (exact) mass is 358 g/mol. The zero-order valence-electron chi connectivity index (χ0n) is 14.6. The molecule has 1 aromatic carbocycles. The summed E-state index contributed by atoms with van der Waals surface area (Å²) in [7, 11) is 3.08. The summed E-state index contributed by atoms with van der Waals surface area (Å²) in [6.45, 7) is 3.90. The molecule has 3 aromatic rings. The highest BCUT2D eigenvalue weighted by Crippen LogP contribution is 2.30. The molecule has 6 nitrogen and oxygen atoms in total. The van der Waals surface area contributed by atoms with E-state index in [1.54, 1.807) is 13.2 Å². The quantitative estimate of drug-likeness (QED) is 0.781. The maximum atomic E-state index is 12.8. The number of fused-ring (bicyclic) bond motifs is 1. The lowest BCUT2D eigenvalue weighted by molar-refractivity contribution is 0.707. The molecule has 0 fully saturated rings. The van der Waals surface area contributed by atoms with Gasteiger partial charge in [-0.25, -0.2) is 9.78 Å². The summed E-state index contributed by atoms with van der Waals surface area (Å²) in [5, 5.41) is 4.37. The highest BCUT2D eigenvalue weighted by molar-refractivity contribution is 6.31. The van der Waals surface area contributed by atoms with E-state index in [4.69, 9.17) is 11.6 Å². The summed E-state index contributed by atoms with van der Waals surface area (Å²) < 4.78 is 2.48. The number of hydrogen-bond acceptors (Lipinski definition) is 4. The Bertz CT molecular complexity index is 1100. The molecule has 0 bridgehead atoms. The lowest BCUT2D eigenvalue weighted by Gasteiger charge is -2.17. The summed E-state index contributed by atoms with van der Waals surface area (Å²) in [4.78, 5) is 29.3. The maximum absolute atomic E-state index is 12.8. The van der Waals surface area contributed by atoms with Crippen LogP contribution in [0.25, 0.3) is 11.0 Å². The predicted molar refractivity (Wildman–Crippen MR) is 101 cm³/mol. The number of pyridine rings is 1. The van der Waals surface area contributed by atoms with Crippen molar-refractivity contribution >= 4 is 34.0 Å². The SMILES string of the molecule is CCc1cnc2c(c1Nc1cccc(Cl)c1C)c(=O)n(C)c(=O)n2C. The molecule has 0 saturated carbocycles. The minimum absolute atomic E-state index is 0.354. The molecule has 0 spiro atoms. The van der Waals surface area contributed by atoms with E-state index in [2.05, 4.69) is 10.3 Å². The van der Waals surface area contributed by atoms with Crippen LogP contribution in [-0.4, -0.2) is 14.1 Å². The van der Waals surface area contributed by atoms with E-state index in [-0.39, 0.29) is 5.56 Å². The van der Waals surface area contributed by atoms with Gasteiger partial charge in [0.1, 0.15) is 5.39 Å². The Hall–Kier alpha value is -2.60. The molecule has 2 aromatic heterocycles. The van der Waals surface area contributed by atoms with E-state index in [0.29, 0.717) is 28.2 Å². The first kappa shape index (κ1) is 17.2. The van der Waals surface area contributed by atoms with Crippen LogP contribution < -0.4 is 16.6 Å². The predicted octanol–water partition coefficient (Wildman–Crippen LogP) is 2.90. The minimum atomic E-state index is -0.404. The molecule has 0 aliphatic carbocycles. The van der Waals surface area contributed by atoms with Crippen LogP contribution in [0.15, 0.2) is 34.0 Å². The Kier molecular flexibility index (Phi) is 4.39. The molecule has 0 aliphatic heterocycles. The van der Waals surface area contributed by atoms with Gasteiger partial charge in [-0.15, -0.1) is 0 Å². The third-order valence-electron chi connectivity index (χ3n) is 4.46. The fourth-order valence-electron chi connectivity index (χ4n) is 2.86. The Morgan fingerprint density at radius 3 is 2.60 bits per heavy atom. The molecule has 1 N–H and O–H groups in total. The van der Waals surface area contributed by atoms with Crippen LogP contribution in [0, 0.1) is 6.92 Å². The summed E-state index contributed by atoms with van der Waals surface area (Å²) in [6, 6.07) is 5.57. The van der Waals surface area contributed by atoms with Gasteiger partial charge in [-0.05, 0) is 36.6 Å². The van der Waals surface area contributed by atoms with Crippen molar-refractivity contribution in [2.24, 2.45) is 14.1 Å². The molecular weight excluding hydrogens is 340 g/mol. The molecule has 130 valence electrons. The first-order valence-corrected chi connectivity index (χ1v) is 8.34. The van der Waals surface area contributed by atoms with E-state index < -0.39 is 5.69 Å². The van der Waals surface area contributed by atoms with Crippen LogP contribution in [0.2, 0.25) is 5.02 Å². The van der Waals surface area contributed by atoms with Crippen molar-refractivity contribution in [2.45, 2.75) is 20.3 Å². The summed E-state index contributed by atoms with van der Waals surface area (Å²) in [6.07, 6.45) is 2.39. The number of hydrogen-bond donors (Lipinski definition) is 1. The van der Waals surface area contributed by atoms with Gasteiger partial charge >= 0.3 is 5.69 Å². The van der Waals surface area contributed by atoms with Gasteiger partial charge in [-0.2, -0.15) is 0 Å². The third kappa shape index (κ3) is 2.72. The van der Waals surface area contributed by atoms with E-state index in [0.717, 1.165) is 21.4 Å². The molecule has 3 rings (SSSR count). The van der Waals surface area contributed by atoms with Gasteiger partial charge in [0.05, 0.1) is 5.69 Å². The highest BCUT2D eigenvalue weighted by Gasteiger charge is 2.17. The summed E-state index contributed by atoms with van der Waals surface area (Å²) in [5.74, 6) is 0. The second kappa shape index (κ2) is 6.37. The van der Waals surface area contributed by atoms with Crippen LogP contribution in [0.1, 0.15) is 18.1 Å². The van der Waals surface area contributed by atoms with Crippen LogP contribution in [0.5, 0.6) is 0 Å². The topological polar surface area (TPSA) is 68.9 Å². The molecule has 7 heteroatoms. The number of nitrogens with one attached hydrogen (secondary N) is 1. The van der Waals surface area contributed by atoms with E-state index in [1.165, 1.54) is 11.6 Å². The Balaban J connectivity index is 2.38.